The molecule has 0 saturated heterocycles. The molecule has 0 bridgehead atoms. The first-order chi connectivity index (χ1) is 8.81. The van der Waals surface area contributed by atoms with Crippen molar-refractivity contribution in [2.75, 3.05) is 26.3 Å². The van der Waals surface area contributed by atoms with Crippen molar-refractivity contribution < 1.29 is 14.3 Å². The minimum Gasteiger partial charge on any atom is -0.493 e. The van der Waals surface area contributed by atoms with Gasteiger partial charge in [-0.1, -0.05) is 18.2 Å². The highest BCUT2D eigenvalue weighted by molar-refractivity contribution is 5.71. The Hall–Kier alpha value is -1.55. The van der Waals surface area contributed by atoms with Gasteiger partial charge >= 0.3 is 5.97 Å². The van der Waals surface area contributed by atoms with Crippen molar-refractivity contribution >= 4 is 5.97 Å². The number of carbonyl (C=O) groups excluding carboxylic acids is 1. The summed E-state index contributed by atoms with van der Waals surface area (Å²) in [5.41, 5.74) is 1.22. The molecule has 1 heterocycles. The van der Waals surface area contributed by atoms with Crippen molar-refractivity contribution in [2.45, 2.75) is 19.3 Å². The number of nitrogens with one attached hydrogen (secondary N) is 1. The van der Waals surface area contributed by atoms with Crippen LogP contribution in [0.2, 0.25) is 0 Å². The monoisotopic (exact) mass is 249 g/mol. The van der Waals surface area contributed by atoms with E-state index in [4.69, 9.17) is 9.47 Å². The number of para-hydroxylation sites is 1. The van der Waals surface area contributed by atoms with Crippen LogP contribution in [0, 0.1) is 0 Å². The molecule has 0 aliphatic carbocycles. The fourth-order valence-electron chi connectivity index (χ4n) is 2.19. The highest BCUT2D eigenvalue weighted by Crippen LogP contribution is 2.32. The molecule has 0 spiro atoms. The molecule has 0 fully saturated rings. The van der Waals surface area contributed by atoms with Gasteiger partial charge < -0.3 is 14.8 Å². The van der Waals surface area contributed by atoms with Gasteiger partial charge in [-0.2, -0.15) is 0 Å². The highest BCUT2D eigenvalue weighted by Gasteiger charge is 2.20. The number of esters is 1. The molecule has 18 heavy (non-hydrogen) atoms. The summed E-state index contributed by atoms with van der Waals surface area (Å²) in [5.74, 6) is 1.17. The summed E-state index contributed by atoms with van der Waals surface area (Å²) >= 11 is 0. The zero-order valence-corrected chi connectivity index (χ0v) is 10.6. The molecule has 1 N–H and O–H groups in total. The Morgan fingerprint density at radius 3 is 3.17 bits per heavy atom. The summed E-state index contributed by atoms with van der Waals surface area (Å²) in [6.07, 6.45) is 0.979. The lowest BCUT2D eigenvalue weighted by molar-refractivity contribution is -0.142. The van der Waals surface area contributed by atoms with E-state index in [1.807, 2.05) is 25.1 Å². The molecule has 0 radical (unpaired) electrons. The van der Waals surface area contributed by atoms with E-state index in [0.29, 0.717) is 12.5 Å². The van der Waals surface area contributed by atoms with Gasteiger partial charge in [0, 0.05) is 12.5 Å². The molecule has 2 rings (SSSR count). The van der Waals surface area contributed by atoms with Gasteiger partial charge in [-0.25, -0.2) is 0 Å². The summed E-state index contributed by atoms with van der Waals surface area (Å²) in [6.45, 7) is 4.03. The fourth-order valence-corrected chi connectivity index (χ4v) is 2.19. The Kier molecular flexibility index (Phi) is 4.59. The van der Waals surface area contributed by atoms with Gasteiger partial charge in [0.2, 0.25) is 0 Å². The summed E-state index contributed by atoms with van der Waals surface area (Å²) in [6, 6.07) is 8.08. The number of hydrogen-bond donors (Lipinski definition) is 1. The number of hydrogen-bond acceptors (Lipinski definition) is 4. The molecule has 4 heteroatoms. The van der Waals surface area contributed by atoms with Crippen molar-refractivity contribution in [2.24, 2.45) is 0 Å². The van der Waals surface area contributed by atoms with Crippen LogP contribution in [0.25, 0.3) is 0 Å². The average Bonchev–Trinajstić information content (AvgIpc) is 2.39. The van der Waals surface area contributed by atoms with Crippen LogP contribution in [-0.2, 0) is 9.53 Å². The first kappa shape index (κ1) is 12.9. The molecule has 1 aliphatic heterocycles. The lowest BCUT2D eigenvalue weighted by Crippen LogP contribution is -2.30. The quantitative estimate of drug-likeness (QED) is 0.807. The van der Waals surface area contributed by atoms with E-state index in [0.717, 1.165) is 25.3 Å². The minimum atomic E-state index is -0.196. The molecule has 1 aromatic carbocycles. The van der Waals surface area contributed by atoms with E-state index in [2.05, 4.69) is 11.4 Å². The fraction of sp³-hybridized carbons (Fsp3) is 0.500. The van der Waals surface area contributed by atoms with E-state index >= 15 is 0 Å². The summed E-state index contributed by atoms with van der Waals surface area (Å²) in [7, 11) is 0. The van der Waals surface area contributed by atoms with E-state index in [1.54, 1.807) is 0 Å². The van der Waals surface area contributed by atoms with Gasteiger partial charge in [0.15, 0.2) is 0 Å². The third-order valence-electron chi connectivity index (χ3n) is 3.05. The van der Waals surface area contributed by atoms with Crippen molar-refractivity contribution in [3.63, 3.8) is 0 Å². The molecule has 1 atom stereocenters. The van der Waals surface area contributed by atoms with Gasteiger partial charge in [-0.3, -0.25) is 4.79 Å². The Bertz CT molecular complexity index is 406. The van der Waals surface area contributed by atoms with Crippen molar-refractivity contribution in [3.05, 3.63) is 29.8 Å². The second kappa shape index (κ2) is 6.40. The van der Waals surface area contributed by atoms with Crippen LogP contribution in [0.4, 0.5) is 0 Å². The molecule has 0 aromatic heterocycles. The standard InChI is InChI=1S/C14H19NO3/c1-2-17-14(16)10-15-9-11-7-8-18-13-6-4-3-5-12(11)13/h3-6,11,15H,2,7-10H2,1H3. The third kappa shape index (κ3) is 3.23. The second-order valence-electron chi connectivity index (χ2n) is 4.31. The van der Waals surface area contributed by atoms with Gasteiger partial charge in [0.1, 0.15) is 5.75 Å². The molecular weight excluding hydrogens is 230 g/mol. The van der Waals surface area contributed by atoms with Crippen LogP contribution < -0.4 is 10.1 Å². The lowest BCUT2D eigenvalue weighted by atomic mass is 9.93. The number of fused-ring (bicyclic) bond motifs is 1. The normalized spacial score (nSPS) is 17.7. The summed E-state index contributed by atoms with van der Waals surface area (Å²) in [4.78, 5) is 11.2. The Morgan fingerprint density at radius 1 is 1.50 bits per heavy atom. The average molecular weight is 249 g/mol. The van der Waals surface area contributed by atoms with Gasteiger partial charge in [-0.15, -0.1) is 0 Å². The molecule has 1 aromatic rings. The molecule has 1 unspecified atom stereocenters. The van der Waals surface area contributed by atoms with Crippen LogP contribution in [0.5, 0.6) is 5.75 Å². The van der Waals surface area contributed by atoms with Crippen molar-refractivity contribution in [3.8, 4) is 5.75 Å². The van der Waals surface area contributed by atoms with Crippen LogP contribution in [0.1, 0.15) is 24.8 Å². The van der Waals surface area contributed by atoms with Crippen LogP contribution in [-0.4, -0.2) is 32.3 Å². The Balaban J connectivity index is 1.86. The Labute approximate surface area is 107 Å². The first-order valence-corrected chi connectivity index (χ1v) is 6.39. The second-order valence-corrected chi connectivity index (χ2v) is 4.31. The maximum absolute atomic E-state index is 11.2. The topological polar surface area (TPSA) is 47.6 Å². The predicted octanol–water partition coefficient (Wildman–Crippen LogP) is 1.71. The number of ether oxygens (including phenoxy) is 2. The third-order valence-corrected chi connectivity index (χ3v) is 3.05. The molecule has 0 saturated carbocycles. The SMILES string of the molecule is CCOC(=O)CNCC1CCOc2ccccc21. The maximum Gasteiger partial charge on any atom is 0.319 e. The van der Waals surface area contributed by atoms with E-state index < -0.39 is 0 Å². The largest absolute Gasteiger partial charge is 0.493 e. The highest BCUT2D eigenvalue weighted by atomic mass is 16.5. The van der Waals surface area contributed by atoms with Crippen molar-refractivity contribution in [1.29, 1.82) is 0 Å². The van der Waals surface area contributed by atoms with E-state index in [9.17, 15) is 4.79 Å². The minimum absolute atomic E-state index is 0.196. The van der Waals surface area contributed by atoms with Crippen LogP contribution >= 0.6 is 0 Å². The maximum atomic E-state index is 11.2. The van der Waals surface area contributed by atoms with Crippen molar-refractivity contribution in [1.82, 2.24) is 5.32 Å². The number of rotatable bonds is 5. The zero-order valence-electron chi connectivity index (χ0n) is 10.6. The van der Waals surface area contributed by atoms with Gasteiger partial charge in [0.25, 0.3) is 0 Å². The number of carbonyl (C=O) groups is 1. The summed E-state index contributed by atoms with van der Waals surface area (Å²) < 4.78 is 10.5. The lowest BCUT2D eigenvalue weighted by Gasteiger charge is -2.25. The molecular formula is C14H19NO3. The van der Waals surface area contributed by atoms with Gasteiger partial charge in [-0.05, 0) is 25.0 Å². The summed E-state index contributed by atoms with van der Waals surface area (Å²) in [5, 5.41) is 3.15. The van der Waals surface area contributed by atoms with Crippen LogP contribution in [0.3, 0.4) is 0 Å². The zero-order chi connectivity index (χ0) is 12.8. The van der Waals surface area contributed by atoms with E-state index in [-0.39, 0.29) is 12.5 Å². The van der Waals surface area contributed by atoms with Gasteiger partial charge in [0.05, 0.1) is 19.8 Å². The Morgan fingerprint density at radius 2 is 2.33 bits per heavy atom. The van der Waals surface area contributed by atoms with Crippen LogP contribution in [0.15, 0.2) is 24.3 Å². The molecule has 0 amide bonds. The molecule has 4 nitrogen and oxygen atoms in total. The van der Waals surface area contributed by atoms with E-state index in [1.165, 1.54) is 5.56 Å². The number of benzene rings is 1. The molecule has 98 valence electrons. The predicted molar refractivity (Wildman–Crippen MR) is 68.8 cm³/mol. The molecule has 1 aliphatic rings. The smallest absolute Gasteiger partial charge is 0.319 e. The first-order valence-electron chi connectivity index (χ1n) is 6.39.